The van der Waals surface area contributed by atoms with Crippen molar-refractivity contribution in [2.75, 3.05) is 41.3 Å². The summed E-state index contributed by atoms with van der Waals surface area (Å²) < 4.78 is 8.28. The number of primary amides is 1. The highest BCUT2D eigenvalue weighted by atomic mass is 32.1. The lowest BCUT2D eigenvalue weighted by atomic mass is 10.1. The van der Waals surface area contributed by atoms with Gasteiger partial charge in [0.15, 0.2) is 5.82 Å². The molecule has 0 spiro atoms. The lowest BCUT2D eigenvalue weighted by Crippen LogP contribution is -2.48. The van der Waals surface area contributed by atoms with E-state index in [1.807, 2.05) is 13.8 Å². The van der Waals surface area contributed by atoms with Crippen molar-refractivity contribution in [2.24, 2.45) is 5.73 Å². The summed E-state index contributed by atoms with van der Waals surface area (Å²) in [6.07, 6.45) is 4.81. The van der Waals surface area contributed by atoms with Crippen LogP contribution in [0.15, 0.2) is 6.20 Å². The third-order valence-electron chi connectivity index (χ3n) is 6.31. The van der Waals surface area contributed by atoms with Crippen LogP contribution < -0.4 is 20.9 Å². The van der Waals surface area contributed by atoms with Crippen LogP contribution in [0.1, 0.15) is 45.0 Å². The van der Waals surface area contributed by atoms with Crippen molar-refractivity contribution < 1.29 is 4.79 Å². The second kappa shape index (κ2) is 8.85. The van der Waals surface area contributed by atoms with E-state index >= 15 is 0 Å². The Morgan fingerprint density at radius 1 is 1.09 bits per heavy atom. The molecule has 0 aromatic carbocycles. The molecule has 3 N–H and O–H groups in total. The zero-order valence-electron chi connectivity index (χ0n) is 18.7. The molecule has 1 fully saturated rings. The van der Waals surface area contributed by atoms with E-state index in [0.29, 0.717) is 37.0 Å². The van der Waals surface area contributed by atoms with E-state index in [0.717, 1.165) is 60.8 Å². The van der Waals surface area contributed by atoms with Crippen LogP contribution in [0.25, 0.3) is 0 Å². The normalized spacial score (nSPS) is 15.6. The molecular weight excluding hydrogens is 440 g/mol. The quantitative estimate of drug-likeness (QED) is 0.546. The fourth-order valence-corrected chi connectivity index (χ4v) is 4.86. The summed E-state index contributed by atoms with van der Waals surface area (Å²) in [6, 6.07) is 0. The second-order valence-corrected chi connectivity index (χ2v) is 8.91. The number of aryl methyl sites for hydroxylation is 2. The Morgan fingerprint density at radius 2 is 1.85 bits per heavy atom. The van der Waals surface area contributed by atoms with Crippen molar-refractivity contribution in [3.05, 3.63) is 40.0 Å². The van der Waals surface area contributed by atoms with Gasteiger partial charge in [-0.3, -0.25) is 4.79 Å². The number of nitrogens with zero attached hydrogens (tertiary/aromatic N) is 8. The molecule has 5 rings (SSSR count). The standard InChI is InChI=1S/C21H26N10OS/c1-12-13(2)27-28-20(17(12)18(22)32)31-8-6-30(7-9-31)19-15-4-3-5-16(15)25-21(26-19)23-10-14-11-24-33-29-14/h11H,3-10H2,1-2H3,(H2,22,32)(H,23,25,26). The molecule has 1 aliphatic heterocycles. The van der Waals surface area contributed by atoms with E-state index in [2.05, 4.69) is 34.1 Å². The number of piperazine rings is 1. The Bertz CT molecular complexity index is 1170. The molecule has 2 aliphatic rings. The van der Waals surface area contributed by atoms with Gasteiger partial charge in [-0.25, -0.2) is 4.98 Å². The largest absolute Gasteiger partial charge is 0.365 e. The van der Waals surface area contributed by atoms with Gasteiger partial charge in [0.05, 0.1) is 47.1 Å². The molecule has 0 saturated carbocycles. The van der Waals surface area contributed by atoms with Gasteiger partial charge in [-0.05, 0) is 38.7 Å². The number of hydrogen-bond acceptors (Lipinski definition) is 11. The fourth-order valence-electron chi connectivity index (χ4n) is 4.43. The average Bonchev–Trinajstić information content (AvgIpc) is 3.51. The van der Waals surface area contributed by atoms with Gasteiger partial charge in [0.1, 0.15) is 5.82 Å². The van der Waals surface area contributed by atoms with Gasteiger partial charge in [-0.1, -0.05) is 0 Å². The molecule has 0 radical (unpaired) electrons. The van der Waals surface area contributed by atoms with Crippen LogP contribution in [0.5, 0.6) is 0 Å². The summed E-state index contributed by atoms with van der Waals surface area (Å²) >= 11 is 1.19. The van der Waals surface area contributed by atoms with E-state index < -0.39 is 5.91 Å². The number of carbonyl (C=O) groups is 1. The van der Waals surface area contributed by atoms with Gasteiger partial charge in [-0.15, -0.1) is 5.10 Å². The first-order chi connectivity index (χ1) is 16.0. The zero-order valence-corrected chi connectivity index (χ0v) is 19.5. The Hall–Kier alpha value is -3.41. The Morgan fingerprint density at radius 3 is 2.55 bits per heavy atom. The predicted molar refractivity (Wildman–Crippen MR) is 126 cm³/mol. The van der Waals surface area contributed by atoms with Gasteiger partial charge in [-0.2, -0.15) is 18.8 Å². The predicted octanol–water partition coefficient (Wildman–Crippen LogP) is 1.26. The molecule has 33 heavy (non-hydrogen) atoms. The summed E-state index contributed by atoms with van der Waals surface area (Å²) in [4.78, 5) is 26.1. The number of anilines is 3. The number of amides is 1. The number of rotatable bonds is 6. The zero-order chi connectivity index (χ0) is 22.9. The lowest BCUT2D eigenvalue weighted by molar-refractivity contribution is 0.0999. The smallest absolute Gasteiger partial charge is 0.252 e. The number of fused-ring (bicyclic) bond motifs is 1. The van der Waals surface area contributed by atoms with Crippen molar-refractivity contribution in [2.45, 2.75) is 39.7 Å². The molecular formula is C21H26N10OS. The SMILES string of the molecule is Cc1nnc(N2CCN(c3nc(NCc4cnsn4)nc4c3CCC4)CC2)c(C(N)=O)c1C. The Labute approximate surface area is 195 Å². The third-order valence-corrected chi connectivity index (χ3v) is 6.82. The van der Waals surface area contributed by atoms with Gasteiger partial charge < -0.3 is 20.9 Å². The minimum absolute atomic E-state index is 0.460. The molecule has 1 aliphatic carbocycles. The highest BCUT2D eigenvalue weighted by Crippen LogP contribution is 2.31. The number of carbonyl (C=O) groups excluding carboxylic acids is 1. The molecule has 0 atom stereocenters. The summed E-state index contributed by atoms with van der Waals surface area (Å²) in [5.41, 5.74) is 10.9. The Kier molecular flexibility index (Phi) is 5.75. The highest BCUT2D eigenvalue weighted by Gasteiger charge is 2.28. The molecule has 3 aromatic rings. The number of nitrogens with one attached hydrogen (secondary N) is 1. The molecule has 1 amide bonds. The van der Waals surface area contributed by atoms with E-state index in [1.165, 1.54) is 17.3 Å². The van der Waals surface area contributed by atoms with Crippen LogP contribution in [0, 0.1) is 13.8 Å². The summed E-state index contributed by atoms with van der Waals surface area (Å²) in [5, 5.41) is 11.8. The molecule has 11 nitrogen and oxygen atoms in total. The van der Waals surface area contributed by atoms with E-state index in [1.54, 1.807) is 6.20 Å². The monoisotopic (exact) mass is 466 g/mol. The van der Waals surface area contributed by atoms with E-state index in [9.17, 15) is 4.79 Å². The maximum absolute atomic E-state index is 12.1. The van der Waals surface area contributed by atoms with Crippen LogP contribution in [-0.4, -0.2) is 61.0 Å². The molecule has 0 unspecified atom stereocenters. The van der Waals surface area contributed by atoms with Crippen molar-refractivity contribution >= 4 is 35.2 Å². The molecule has 4 heterocycles. The van der Waals surface area contributed by atoms with Crippen LogP contribution in [-0.2, 0) is 19.4 Å². The van der Waals surface area contributed by atoms with Crippen LogP contribution in [0.4, 0.5) is 17.6 Å². The summed E-state index contributed by atoms with van der Waals surface area (Å²) in [6.45, 7) is 7.15. The second-order valence-electron chi connectivity index (χ2n) is 8.35. The molecule has 12 heteroatoms. The maximum atomic E-state index is 12.1. The fraction of sp³-hybridized carbons (Fsp3) is 0.476. The third kappa shape index (κ3) is 4.17. The number of nitrogens with two attached hydrogens (primary N) is 1. The van der Waals surface area contributed by atoms with E-state index in [4.69, 9.17) is 15.7 Å². The summed E-state index contributed by atoms with van der Waals surface area (Å²) in [7, 11) is 0. The van der Waals surface area contributed by atoms with Gasteiger partial charge in [0.25, 0.3) is 5.91 Å². The molecule has 172 valence electrons. The Balaban J connectivity index is 1.35. The lowest BCUT2D eigenvalue weighted by Gasteiger charge is -2.37. The van der Waals surface area contributed by atoms with Crippen LogP contribution in [0.3, 0.4) is 0 Å². The van der Waals surface area contributed by atoms with Crippen molar-refractivity contribution in [1.29, 1.82) is 0 Å². The van der Waals surface area contributed by atoms with Crippen molar-refractivity contribution in [1.82, 2.24) is 28.9 Å². The number of aromatic nitrogens is 6. The van der Waals surface area contributed by atoms with Crippen LogP contribution in [0.2, 0.25) is 0 Å². The highest BCUT2D eigenvalue weighted by molar-refractivity contribution is 6.99. The minimum Gasteiger partial charge on any atom is -0.365 e. The maximum Gasteiger partial charge on any atom is 0.252 e. The first kappa shape index (κ1) is 21.4. The first-order valence-corrected chi connectivity index (χ1v) is 11.8. The number of hydrogen-bond donors (Lipinski definition) is 2. The van der Waals surface area contributed by atoms with Crippen LogP contribution >= 0.6 is 11.7 Å². The van der Waals surface area contributed by atoms with Gasteiger partial charge in [0, 0.05) is 31.7 Å². The first-order valence-electron chi connectivity index (χ1n) is 11.0. The average molecular weight is 467 g/mol. The van der Waals surface area contributed by atoms with E-state index in [-0.39, 0.29) is 0 Å². The van der Waals surface area contributed by atoms with Gasteiger partial charge >= 0.3 is 0 Å². The molecule has 1 saturated heterocycles. The molecule has 3 aromatic heterocycles. The topological polar surface area (TPSA) is 139 Å². The molecule has 0 bridgehead atoms. The van der Waals surface area contributed by atoms with Crippen molar-refractivity contribution in [3.8, 4) is 0 Å². The van der Waals surface area contributed by atoms with Crippen molar-refractivity contribution in [3.63, 3.8) is 0 Å². The van der Waals surface area contributed by atoms with Gasteiger partial charge in [0.2, 0.25) is 5.95 Å². The summed E-state index contributed by atoms with van der Waals surface area (Å²) in [5.74, 6) is 1.72. The minimum atomic E-state index is -0.470.